The number of rotatable bonds is 6. The lowest BCUT2D eigenvalue weighted by Gasteiger charge is -2.10. The maximum atomic E-state index is 11.1. The van der Waals surface area contributed by atoms with Crippen molar-refractivity contribution in [1.29, 1.82) is 0 Å². The van der Waals surface area contributed by atoms with Crippen LogP contribution in [0.25, 0.3) is 0 Å². The molecule has 0 amide bonds. The Bertz CT molecular complexity index is 506. The first-order valence-corrected chi connectivity index (χ1v) is 8.19. The van der Waals surface area contributed by atoms with E-state index in [0.29, 0.717) is 6.42 Å². The molecule has 1 atom stereocenters. The SMILES string of the molecule is Cc1nn(C)c(C)c1CCC(N)CCS(C)(=O)=O. The minimum atomic E-state index is -2.91. The smallest absolute Gasteiger partial charge is 0.147 e. The summed E-state index contributed by atoms with van der Waals surface area (Å²) < 4.78 is 24.0. The Hall–Kier alpha value is -0.880. The van der Waals surface area contributed by atoms with Crippen LogP contribution in [-0.4, -0.2) is 36.2 Å². The van der Waals surface area contributed by atoms with Gasteiger partial charge in [0.1, 0.15) is 9.84 Å². The number of sulfone groups is 1. The maximum absolute atomic E-state index is 11.1. The fourth-order valence-corrected chi connectivity index (χ4v) is 2.75. The van der Waals surface area contributed by atoms with Gasteiger partial charge in [-0.2, -0.15) is 5.10 Å². The molecule has 1 rings (SSSR count). The van der Waals surface area contributed by atoms with E-state index >= 15 is 0 Å². The topological polar surface area (TPSA) is 78.0 Å². The van der Waals surface area contributed by atoms with Crippen LogP contribution in [0.1, 0.15) is 29.8 Å². The molecule has 1 aromatic rings. The summed E-state index contributed by atoms with van der Waals surface area (Å²) in [6, 6.07) is -0.0706. The van der Waals surface area contributed by atoms with Crippen LogP contribution >= 0.6 is 0 Å². The first-order valence-electron chi connectivity index (χ1n) is 6.13. The minimum absolute atomic E-state index is 0.0706. The molecule has 1 aromatic heterocycles. The van der Waals surface area contributed by atoms with E-state index in [1.165, 1.54) is 11.8 Å². The van der Waals surface area contributed by atoms with Gasteiger partial charge < -0.3 is 5.73 Å². The fourth-order valence-electron chi connectivity index (χ4n) is 2.02. The summed E-state index contributed by atoms with van der Waals surface area (Å²) in [6.45, 7) is 4.03. The van der Waals surface area contributed by atoms with Crippen molar-refractivity contribution in [3.63, 3.8) is 0 Å². The molecule has 0 aliphatic carbocycles. The van der Waals surface area contributed by atoms with Crippen LogP contribution in [-0.2, 0) is 23.3 Å². The lowest BCUT2D eigenvalue weighted by Crippen LogP contribution is -2.24. The first-order chi connectivity index (χ1) is 8.20. The van der Waals surface area contributed by atoms with Crippen molar-refractivity contribution in [3.8, 4) is 0 Å². The number of nitrogens with two attached hydrogens (primary N) is 1. The first kappa shape index (κ1) is 15.2. The summed E-state index contributed by atoms with van der Waals surface area (Å²) >= 11 is 0. The molecule has 5 nitrogen and oxygen atoms in total. The van der Waals surface area contributed by atoms with Crippen LogP contribution in [0.15, 0.2) is 0 Å². The molecule has 2 N–H and O–H groups in total. The van der Waals surface area contributed by atoms with Crippen LogP contribution in [0, 0.1) is 13.8 Å². The molecule has 104 valence electrons. The number of hydrogen-bond donors (Lipinski definition) is 1. The number of aromatic nitrogens is 2. The number of nitrogens with zero attached hydrogens (tertiary/aromatic N) is 2. The van der Waals surface area contributed by atoms with Crippen molar-refractivity contribution in [2.45, 2.75) is 39.2 Å². The predicted molar refractivity (Wildman–Crippen MR) is 73.3 cm³/mol. The van der Waals surface area contributed by atoms with Crippen LogP contribution in [0.2, 0.25) is 0 Å². The third kappa shape index (κ3) is 4.42. The summed E-state index contributed by atoms with van der Waals surface area (Å²) in [7, 11) is -0.985. The van der Waals surface area contributed by atoms with Crippen molar-refractivity contribution in [1.82, 2.24) is 9.78 Å². The van der Waals surface area contributed by atoms with Gasteiger partial charge in [-0.05, 0) is 38.7 Å². The van der Waals surface area contributed by atoms with E-state index in [1.54, 1.807) is 0 Å². The average molecular weight is 273 g/mol. The van der Waals surface area contributed by atoms with Gasteiger partial charge in [0.25, 0.3) is 0 Å². The van der Waals surface area contributed by atoms with Crippen LogP contribution < -0.4 is 5.73 Å². The number of hydrogen-bond acceptors (Lipinski definition) is 4. The van der Waals surface area contributed by atoms with Gasteiger partial charge in [-0.3, -0.25) is 4.68 Å². The van der Waals surface area contributed by atoms with E-state index in [0.717, 1.165) is 24.2 Å². The standard InChI is InChI=1S/C12H23N3O2S/c1-9-12(10(2)15(3)14-9)6-5-11(13)7-8-18(4,16)17/h11H,5-8,13H2,1-4H3. The molecule has 0 bridgehead atoms. The summed E-state index contributed by atoms with van der Waals surface area (Å²) in [5, 5.41) is 4.35. The second-order valence-electron chi connectivity index (χ2n) is 4.99. The molecule has 6 heteroatoms. The van der Waals surface area contributed by atoms with Crippen molar-refractivity contribution in [2.24, 2.45) is 12.8 Å². The van der Waals surface area contributed by atoms with E-state index < -0.39 is 9.84 Å². The van der Waals surface area contributed by atoms with E-state index in [2.05, 4.69) is 5.10 Å². The highest BCUT2D eigenvalue weighted by molar-refractivity contribution is 7.90. The Morgan fingerprint density at radius 3 is 2.39 bits per heavy atom. The Morgan fingerprint density at radius 2 is 1.94 bits per heavy atom. The number of aryl methyl sites for hydroxylation is 2. The van der Waals surface area contributed by atoms with E-state index in [4.69, 9.17) is 5.73 Å². The molecule has 0 fully saturated rings. The quantitative estimate of drug-likeness (QED) is 0.829. The van der Waals surface area contributed by atoms with E-state index in [9.17, 15) is 8.42 Å². The van der Waals surface area contributed by atoms with E-state index in [1.807, 2.05) is 25.6 Å². The Balaban J connectivity index is 2.50. The van der Waals surface area contributed by atoms with Gasteiger partial charge in [0, 0.05) is 25.0 Å². The minimum Gasteiger partial charge on any atom is -0.328 e. The second-order valence-corrected chi connectivity index (χ2v) is 7.25. The monoisotopic (exact) mass is 273 g/mol. The summed E-state index contributed by atoms with van der Waals surface area (Å²) in [5.41, 5.74) is 9.36. The summed E-state index contributed by atoms with van der Waals surface area (Å²) in [5.74, 6) is 0.166. The molecule has 18 heavy (non-hydrogen) atoms. The molecule has 0 radical (unpaired) electrons. The lowest BCUT2D eigenvalue weighted by atomic mass is 10.0. The summed E-state index contributed by atoms with van der Waals surface area (Å²) in [4.78, 5) is 0. The zero-order chi connectivity index (χ0) is 13.9. The van der Waals surface area contributed by atoms with Gasteiger partial charge in [0.2, 0.25) is 0 Å². The Morgan fingerprint density at radius 1 is 1.33 bits per heavy atom. The molecule has 0 spiro atoms. The third-order valence-corrected chi connectivity index (χ3v) is 4.26. The fraction of sp³-hybridized carbons (Fsp3) is 0.750. The highest BCUT2D eigenvalue weighted by Gasteiger charge is 2.12. The van der Waals surface area contributed by atoms with Gasteiger partial charge in [-0.1, -0.05) is 0 Å². The van der Waals surface area contributed by atoms with Crippen molar-refractivity contribution in [3.05, 3.63) is 17.0 Å². The predicted octanol–water partition coefficient (Wildman–Crippen LogP) is 0.732. The molecule has 0 saturated heterocycles. The zero-order valence-electron chi connectivity index (χ0n) is 11.6. The largest absolute Gasteiger partial charge is 0.328 e. The van der Waals surface area contributed by atoms with Crippen LogP contribution in [0.3, 0.4) is 0 Å². The average Bonchev–Trinajstić information content (AvgIpc) is 2.47. The van der Waals surface area contributed by atoms with Gasteiger partial charge in [0.15, 0.2) is 0 Å². The maximum Gasteiger partial charge on any atom is 0.147 e. The van der Waals surface area contributed by atoms with Crippen LogP contribution in [0.4, 0.5) is 0 Å². The molecule has 0 saturated carbocycles. The Kier molecular flexibility index (Phi) is 4.92. The van der Waals surface area contributed by atoms with Gasteiger partial charge >= 0.3 is 0 Å². The zero-order valence-corrected chi connectivity index (χ0v) is 12.4. The van der Waals surface area contributed by atoms with Gasteiger partial charge in [0.05, 0.1) is 11.4 Å². The molecular formula is C12H23N3O2S. The normalized spacial score (nSPS) is 13.8. The Labute approximate surface area is 109 Å². The molecule has 0 aliphatic heterocycles. The van der Waals surface area contributed by atoms with Crippen molar-refractivity contribution >= 4 is 9.84 Å². The molecule has 1 heterocycles. The van der Waals surface area contributed by atoms with Crippen molar-refractivity contribution in [2.75, 3.05) is 12.0 Å². The highest BCUT2D eigenvalue weighted by atomic mass is 32.2. The molecule has 1 unspecified atom stereocenters. The molecule has 0 aromatic carbocycles. The van der Waals surface area contributed by atoms with E-state index in [-0.39, 0.29) is 11.8 Å². The second kappa shape index (κ2) is 5.84. The van der Waals surface area contributed by atoms with Gasteiger partial charge in [-0.25, -0.2) is 8.42 Å². The van der Waals surface area contributed by atoms with Crippen LogP contribution in [0.5, 0.6) is 0 Å². The highest BCUT2D eigenvalue weighted by Crippen LogP contribution is 2.15. The molecular weight excluding hydrogens is 250 g/mol. The molecule has 0 aliphatic rings. The summed E-state index contributed by atoms with van der Waals surface area (Å²) in [6.07, 6.45) is 3.42. The lowest BCUT2D eigenvalue weighted by molar-refractivity contribution is 0.570. The third-order valence-electron chi connectivity index (χ3n) is 3.28. The van der Waals surface area contributed by atoms with Crippen molar-refractivity contribution < 1.29 is 8.42 Å². The van der Waals surface area contributed by atoms with Gasteiger partial charge in [-0.15, -0.1) is 0 Å².